The quantitative estimate of drug-likeness (QED) is 0.824. The van der Waals surface area contributed by atoms with E-state index in [0.29, 0.717) is 6.04 Å². The average molecular weight is 215 g/mol. The molecule has 1 aromatic heterocycles. The summed E-state index contributed by atoms with van der Waals surface area (Å²) >= 11 is 0. The van der Waals surface area contributed by atoms with Gasteiger partial charge in [0, 0.05) is 12.5 Å². The standard InChI is InChI=1S/C13H17N3/c1-2-6-12-11(5-1)15-13(16-12)8-7-10-4-3-9-14-10/h1-2,5-6,10,14H,3-4,7-9H2,(H,15,16). The molecular formula is C13H17N3. The average Bonchev–Trinajstić information content (AvgIpc) is 2.95. The number of rotatable bonds is 3. The lowest BCUT2D eigenvalue weighted by Gasteiger charge is -2.07. The molecule has 0 bridgehead atoms. The second-order valence-corrected chi connectivity index (χ2v) is 4.53. The van der Waals surface area contributed by atoms with Crippen molar-refractivity contribution >= 4 is 11.0 Å². The van der Waals surface area contributed by atoms with E-state index in [-0.39, 0.29) is 0 Å². The lowest BCUT2D eigenvalue weighted by atomic mass is 10.1. The minimum atomic E-state index is 0.702. The lowest BCUT2D eigenvalue weighted by molar-refractivity contribution is 0.552. The Morgan fingerprint density at radius 3 is 3.06 bits per heavy atom. The van der Waals surface area contributed by atoms with Crippen molar-refractivity contribution in [2.24, 2.45) is 0 Å². The molecule has 3 heteroatoms. The molecular weight excluding hydrogens is 198 g/mol. The van der Waals surface area contributed by atoms with Crippen LogP contribution in [0.2, 0.25) is 0 Å². The third-order valence-electron chi connectivity index (χ3n) is 3.33. The van der Waals surface area contributed by atoms with Crippen LogP contribution in [0.5, 0.6) is 0 Å². The fourth-order valence-electron chi connectivity index (χ4n) is 2.44. The van der Waals surface area contributed by atoms with Gasteiger partial charge in [-0.3, -0.25) is 0 Å². The van der Waals surface area contributed by atoms with Crippen LogP contribution in [-0.2, 0) is 6.42 Å². The Labute approximate surface area is 95.3 Å². The highest BCUT2D eigenvalue weighted by Crippen LogP contribution is 2.14. The SMILES string of the molecule is c1ccc2[nH]c(CCC3CCCN3)nc2c1. The number of aromatic amines is 1. The molecule has 3 rings (SSSR count). The van der Waals surface area contributed by atoms with Crippen LogP contribution in [0.15, 0.2) is 24.3 Å². The van der Waals surface area contributed by atoms with Crippen LogP contribution in [0.3, 0.4) is 0 Å². The van der Waals surface area contributed by atoms with Crippen LogP contribution in [0.1, 0.15) is 25.1 Å². The van der Waals surface area contributed by atoms with Crippen molar-refractivity contribution in [3.63, 3.8) is 0 Å². The molecule has 0 aliphatic carbocycles. The first-order chi connectivity index (χ1) is 7.92. The van der Waals surface area contributed by atoms with Gasteiger partial charge in [-0.1, -0.05) is 12.1 Å². The lowest BCUT2D eigenvalue weighted by Crippen LogP contribution is -2.21. The number of nitrogens with zero attached hydrogens (tertiary/aromatic N) is 1. The minimum absolute atomic E-state index is 0.702. The molecule has 1 aliphatic heterocycles. The molecule has 2 heterocycles. The van der Waals surface area contributed by atoms with Gasteiger partial charge < -0.3 is 10.3 Å². The Morgan fingerprint density at radius 2 is 2.25 bits per heavy atom. The van der Waals surface area contributed by atoms with E-state index in [0.717, 1.165) is 23.3 Å². The summed E-state index contributed by atoms with van der Waals surface area (Å²) in [5, 5.41) is 3.52. The Hall–Kier alpha value is -1.35. The monoisotopic (exact) mass is 215 g/mol. The van der Waals surface area contributed by atoms with Gasteiger partial charge in [-0.05, 0) is 37.9 Å². The van der Waals surface area contributed by atoms with E-state index in [1.54, 1.807) is 0 Å². The van der Waals surface area contributed by atoms with Gasteiger partial charge in [-0.15, -0.1) is 0 Å². The molecule has 3 nitrogen and oxygen atoms in total. The number of fused-ring (bicyclic) bond motifs is 1. The molecule has 2 aromatic rings. The molecule has 1 unspecified atom stereocenters. The summed E-state index contributed by atoms with van der Waals surface area (Å²) in [6, 6.07) is 8.92. The van der Waals surface area contributed by atoms with Crippen molar-refractivity contribution in [2.75, 3.05) is 6.54 Å². The molecule has 1 aliphatic rings. The summed E-state index contributed by atoms with van der Waals surface area (Å²) in [5.74, 6) is 1.12. The topological polar surface area (TPSA) is 40.7 Å². The van der Waals surface area contributed by atoms with Crippen LogP contribution >= 0.6 is 0 Å². The van der Waals surface area contributed by atoms with E-state index in [1.165, 1.54) is 25.8 Å². The predicted molar refractivity (Wildman–Crippen MR) is 65.4 cm³/mol. The number of benzene rings is 1. The van der Waals surface area contributed by atoms with Crippen LogP contribution in [0, 0.1) is 0 Å². The summed E-state index contributed by atoms with van der Waals surface area (Å²) in [5.41, 5.74) is 2.23. The van der Waals surface area contributed by atoms with Crippen molar-refractivity contribution < 1.29 is 0 Å². The summed E-state index contributed by atoms with van der Waals surface area (Å²) in [6.45, 7) is 1.19. The highest BCUT2D eigenvalue weighted by molar-refractivity contribution is 5.74. The van der Waals surface area contributed by atoms with Gasteiger partial charge in [0.25, 0.3) is 0 Å². The van der Waals surface area contributed by atoms with Crippen molar-refractivity contribution in [2.45, 2.75) is 31.7 Å². The highest BCUT2D eigenvalue weighted by Gasteiger charge is 2.14. The molecule has 1 aromatic carbocycles. The smallest absolute Gasteiger partial charge is 0.107 e. The van der Waals surface area contributed by atoms with E-state index in [2.05, 4.69) is 27.4 Å². The number of para-hydroxylation sites is 2. The third kappa shape index (κ3) is 1.95. The largest absolute Gasteiger partial charge is 0.342 e. The van der Waals surface area contributed by atoms with Crippen molar-refractivity contribution in [3.8, 4) is 0 Å². The highest BCUT2D eigenvalue weighted by atomic mass is 14.9. The summed E-state index contributed by atoms with van der Waals surface area (Å²) in [4.78, 5) is 7.97. The van der Waals surface area contributed by atoms with Gasteiger partial charge in [-0.25, -0.2) is 4.98 Å². The molecule has 1 atom stereocenters. The molecule has 0 saturated carbocycles. The van der Waals surface area contributed by atoms with E-state index >= 15 is 0 Å². The van der Waals surface area contributed by atoms with Crippen molar-refractivity contribution in [3.05, 3.63) is 30.1 Å². The number of hydrogen-bond acceptors (Lipinski definition) is 2. The molecule has 0 radical (unpaired) electrons. The van der Waals surface area contributed by atoms with Gasteiger partial charge in [0.05, 0.1) is 11.0 Å². The second-order valence-electron chi connectivity index (χ2n) is 4.53. The Morgan fingerprint density at radius 1 is 1.31 bits per heavy atom. The first-order valence-electron chi connectivity index (χ1n) is 6.09. The molecule has 84 valence electrons. The number of nitrogens with one attached hydrogen (secondary N) is 2. The number of H-pyrrole nitrogens is 1. The van der Waals surface area contributed by atoms with Crippen LogP contribution in [0.25, 0.3) is 11.0 Å². The maximum atomic E-state index is 4.59. The van der Waals surface area contributed by atoms with Gasteiger partial charge in [0.1, 0.15) is 5.82 Å². The number of aromatic nitrogens is 2. The maximum Gasteiger partial charge on any atom is 0.107 e. The van der Waals surface area contributed by atoms with E-state index in [1.807, 2.05) is 12.1 Å². The van der Waals surface area contributed by atoms with Gasteiger partial charge in [-0.2, -0.15) is 0 Å². The first-order valence-corrected chi connectivity index (χ1v) is 6.09. The zero-order valence-corrected chi connectivity index (χ0v) is 9.37. The van der Waals surface area contributed by atoms with Crippen molar-refractivity contribution in [1.82, 2.24) is 15.3 Å². The second kappa shape index (κ2) is 4.26. The number of aryl methyl sites for hydroxylation is 1. The predicted octanol–water partition coefficient (Wildman–Crippen LogP) is 2.25. The minimum Gasteiger partial charge on any atom is -0.342 e. The van der Waals surface area contributed by atoms with E-state index in [4.69, 9.17) is 0 Å². The maximum absolute atomic E-state index is 4.59. The van der Waals surface area contributed by atoms with Crippen LogP contribution < -0.4 is 5.32 Å². The molecule has 0 spiro atoms. The molecule has 1 fully saturated rings. The summed E-state index contributed by atoms with van der Waals surface area (Å²) < 4.78 is 0. The number of imidazole rings is 1. The summed E-state index contributed by atoms with van der Waals surface area (Å²) in [7, 11) is 0. The Kier molecular flexibility index (Phi) is 2.62. The Bertz CT molecular complexity index is 436. The first kappa shape index (κ1) is 9.85. The fourth-order valence-corrected chi connectivity index (χ4v) is 2.44. The third-order valence-corrected chi connectivity index (χ3v) is 3.33. The molecule has 16 heavy (non-hydrogen) atoms. The molecule has 1 saturated heterocycles. The zero-order valence-electron chi connectivity index (χ0n) is 9.37. The fraction of sp³-hybridized carbons (Fsp3) is 0.462. The molecule has 0 amide bonds. The van der Waals surface area contributed by atoms with Crippen molar-refractivity contribution in [1.29, 1.82) is 0 Å². The van der Waals surface area contributed by atoms with Crippen LogP contribution in [-0.4, -0.2) is 22.6 Å². The van der Waals surface area contributed by atoms with E-state index in [9.17, 15) is 0 Å². The number of hydrogen-bond donors (Lipinski definition) is 2. The summed E-state index contributed by atoms with van der Waals surface area (Å²) in [6.07, 6.45) is 4.89. The van der Waals surface area contributed by atoms with E-state index < -0.39 is 0 Å². The zero-order chi connectivity index (χ0) is 10.8. The molecule has 2 N–H and O–H groups in total. The van der Waals surface area contributed by atoms with Crippen LogP contribution in [0.4, 0.5) is 0 Å². The van der Waals surface area contributed by atoms with Gasteiger partial charge in [0.2, 0.25) is 0 Å². The normalized spacial score (nSPS) is 20.6. The van der Waals surface area contributed by atoms with Gasteiger partial charge >= 0.3 is 0 Å². The van der Waals surface area contributed by atoms with Gasteiger partial charge in [0.15, 0.2) is 0 Å². The Balaban J connectivity index is 1.69.